The molecule has 1 aromatic carbocycles. The number of hydrogen-bond donors (Lipinski definition) is 0. The van der Waals surface area contributed by atoms with Gasteiger partial charge in [-0.1, -0.05) is 32.0 Å². The summed E-state index contributed by atoms with van der Waals surface area (Å²) >= 11 is 1.98. The Morgan fingerprint density at radius 1 is 1.11 bits per heavy atom. The lowest BCUT2D eigenvalue weighted by Crippen LogP contribution is -2.26. The van der Waals surface area contributed by atoms with Gasteiger partial charge in [0.15, 0.2) is 0 Å². The summed E-state index contributed by atoms with van der Waals surface area (Å²) < 4.78 is 0. The van der Waals surface area contributed by atoms with Crippen LogP contribution in [0.5, 0.6) is 0 Å². The fraction of sp³-hybridized carbons (Fsp3) is 0.500. The normalized spacial score (nSPS) is 19.8. The fourth-order valence-corrected chi connectivity index (χ4v) is 3.86. The van der Waals surface area contributed by atoms with Gasteiger partial charge in [0.05, 0.1) is 5.37 Å². The number of nitrogens with zero attached hydrogens (tertiary/aromatic N) is 1. The Bertz CT molecular complexity index is 454. The van der Waals surface area contributed by atoms with E-state index in [2.05, 4.69) is 57.7 Å². The van der Waals surface area contributed by atoms with E-state index in [1.807, 2.05) is 11.8 Å². The van der Waals surface area contributed by atoms with Crippen molar-refractivity contribution in [3.05, 3.63) is 39.9 Å². The van der Waals surface area contributed by atoms with Gasteiger partial charge >= 0.3 is 0 Å². The van der Waals surface area contributed by atoms with Crippen molar-refractivity contribution in [3.63, 3.8) is 0 Å². The SMILES string of the molecule is CCc1cccc(CC)c1N1C(C)=C(C)SC1C. The van der Waals surface area contributed by atoms with Crippen molar-refractivity contribution in [1.29, 1.82) is 0 Å². The average Bonchev–Trinajstić information content (AvgIpc) is 2.62. The van der Waals surface area contributed by atoms with Gasteiger partial charge in [-0.05, 0) is 44.7 Å². The second-order valence-electron chi connectivity index (χ2n) is 4.86. The Hall–Kier alpha value is -0.890. The van der Waals surface area contributed by atoms with Gasteiger partial charge in [-0.25, -0.2) is 0 Å². The maximum absolute atomic E-state index is 2.53. The minimum Gasteiger partial charge on any atom is -0.332 e. The van der Waals surface area contributed by atoms with E-state index < -0.39 is 0 Å². The van der Waals surface area contributed by atoms with Crippen LogP contribution in [0.2, 0.25) is 0 Å². The standard InChI is InChI=1S/C16H23NS/c1-6-14-9-8-10-15(7-2)16(14)17-11(3)12(4)18-13(17)5/h8-10,13H,6-7H2,1-5H3. The van der Waals surface area contributed by atoms with Crippen LogP contribution >= 0.6 is 11.8 Å². The van der Waals surface area contributed by atoms with Crippen LogP contribution in [0.3, 0.4) is 0 Å². The Balaban J connectivity index is 2.56. The summed E-state index contributed by atoms with van der Waals surface area (Å²) in [5.74, 6) is 0. The lowest BCUT2D eigenvalue weighted by Gasteiger charge is -2.29. The van der Waals surface area contributed by atoms with Crippen LogP contribution in [0.25, 0.3) is 0 Å². The second kappa shape index (κ2) is 5.40. The number of hydrogen-bond acceptors (Lipinski definition) is 2. The second-order valence-corrected chi connectivity index (χ2v) is 6.39. The Morgan fingerprint density at radius 2 is 1.67 bits per heavy atom. The third-order valence-corrected chi connectivity index (χ3v) is 4.99. The smallest absolute Gasteiger partial charge is 0.0812 e. The number of thioether (sulfide) groups is 1. The predicted molar refractivity (Wildman–Crippen MR) is 83.1 cm³/mol. The topological polar surface area (TPSA) is 3.24 Å². The molecular formula is C16H23NS. The Morgan fingerprint density at radius 3 is 2.06 bits per heavy atom. The molecule has 0 fully saturated rings. The van der Waals surface area contributed by atoms with E-state index in [1.54, 1.807) is 0 Å². The van der Waals surface area contributed by atoms with Crippen LogP contribution < -0.4 is 4.90 Å². The predicted octanol–water partition coefficient (Wildman–Crippen LogP) is 4.96. The zero-order chi connectivity index (χ0) is 13.3. The van der Waals surface area contributed by atoms with Crippen molar-refractivity contribution >= 4 is 17.4 Å². The molecule has 0 aliphatic carbocycles. The molecule has 98 valence electrons. The fourth-order valence-electron chi connectivity index (χ4n) is 2.71. The molecule has 2 rings (SSSR count). The number of rotatable bonds is 3. The third-order valence-electron chi connectivity index (χ3n) is 3.79. The molecule has 1 nitrogen and oxygen atoms in total. The summed E-state index contributed by atoms with van der Waals surface area (Å²) in [6, 6.07) is 6.74. The molecule has 0 bridgehead atoms. The molecule has 0 radical (unpaired) electrons. The lowest BCUT2D eigenvalue weighted by atomic mass is 10.0. The minimum atomic E-state index is 0.517. The van der Waals surface area contributed by atoms with Gasteiger partial charge in [0.25, 0.3) is 0 Å². The molecular weight excluding hydrogens is 238 g/mol. The van der Waals surface area contributed by atoms with Crippen LogP contribution in [0, 0.1) is 0 Å². The first-order valence-electron chi connectivity index (χ1n) is 6.84. The van der Waals surface area contributed by atoms with E-state index >= 15 is 0 Å². The number of benzene rings is 1. The quantitative estimate of drug-likeness (QED) is 0.756. The molecule has 1 aliphatic heterocycles. The van der Waals surface area contributed by atoms with Crippen molar-refractivity contribution in [2.45, 2.75) is 52.8 Å². The number of para-hydroxylation sites is 1. The molecule has 0 saturated heterocycles. The highest BCUT2D eigenvalue weighted by molar-refractivity contribution is 8.04. The molecule has 2 heteroatoms. The van der Waals surface area contributed by atoms with Gasteiger partial charge in [-0.15, -0.1) is 11.8 Å². The van der Waals surface area contributed by atoms with Gasteiger partial charge in [-0.2, -0.15) is 0 Å². The molecule has 18 heavy (non-hydrogen) atoms. The molecule has 0 saturated carbocycles. The minimum absolute atomic E-state index is 0.517. The molecule has 1 aliphatic rings. The first kappa shape index (κ1) is 13.5. The highest BCUT2D eigenvalue weighted by Crippen LogP contribution is 2.43. The average molecular weight is 261 g/mol. The summed E-state index contributed by atoms with van der Waals surface area (Å²) in [6.45, 7) is 11.3. The van der Waals surface area contributed by atoms with Crippen molar-refractivity contribution in [1.82, 2.24) is 0 Å². The van der Waals surface area contributed by atoms with Crippen LogP contribution in [0.15, 0.2) is 28.8 Å². The summed E-state index contributed by atoms with van der Waals surface area (Å²) in [6.07, 6.45) is 2.20. The maximum Gasteiger partial charge on any atom is 0.0812 e. The molecule has 1 atom stereocenters. The summed E-state index contributed by atoms with van der Waals surface area (Å²) in [5, 5.41) is 0.517. The monoisotopic (exact) mass is 261 g/mol. The van der Waals surface area contributed by atoms with Crippen molar-refractivity contribution in [2.24, 2.45) is 0 Å². The molecule has 1 unspecified atom stereocenters. The molecule has 0 spiro atoms. The molecule has 1 aromatic rings. The maximum atomic E-state index is 2.53. The molecule has 0 amide bonds. The first-order valence-corrected chi connectivity index (χ1v) is 7.72. The van der Waals surface area contributed by atoms with Crippen molar-refractivity contribution in [2.75, 3.05) is 4.90 Å². The molecule has 1 heterocycles. The van der Waals surface area contributed by atoms with Gasteiger partial charge in [-0.3, -0.25) is 0 Å². The molecule has 0 aromatic heterocycles. The van der Waals surface area contributed by atoms with E-state index in [0.717, 1.165) is 12.8 Å². The van der Waals surface area contributed by atoms with Gasteiger partial charge in [0.1, 0.15) is 0 Å². The molecule has 0 N–H and O–H groups in total. The van der Waals surface area contributed by atoms with Gasteiger partial charge < -0.3 is 4.90 Å². The highest BCUT2D eigenvalue weighted by atomic mass is 32.2. The van der Waals surface area contributed by atoms with E-state index in [-0.39, 0.29) is 0 Å². The van der Waals surface area contributed by atoms with E-state index in [9.17, 15) is 0 Å². The van der Waals surface area contributed by atoms with Crippen LogP contribution in [-0.4, -0.2) is 5.37 Å². The Kier molecular flexibility index (Phi) is 4.06. The highest BCUT2D eigenvalue weighted by Gasteiger charge is 2.28. The van der Waals surface area contributed by atoms with E-state index in [0.29, 0.717) is 5.37 Å². The number of anilines is 1. The largest absolute Gasteiger partial charge is 0.332 e. The summed E-state index contributed by atoms with van der Waals surface area (Å²) in [7, 11) is 0. The van der Waals surface area contributed by atoms with Crippen molar-refractivity contribution in [3.8, 4) is 0 Å². The van der Waals surface area contributed by atoms with E-state index in [1.165, 1.54) is 27.4 Å². The van der Waals surface area contributed by atoms with Gasteiger partial charge in [0, 0.05) is 16.3 Å². The van der Waals surface area contributed by atoms with Crippen LogP contribution in [0.1, 0.15) is 45.7 Å². The van der Waals surface area contributed by atoms with Crippen LogP contribution in [-0.2, 0) is 12.8 Å². The first-order chi connectivity index (χ1) is 8.60. The van der Waals surface area contributed by atoms with E-state index in [4.69, 9.17) is 0 Å². The van der Waals surface area contributed by atoms with Crippen molar-refractivity contribution < 1.29 is 0 Å². The Labute approximate surface area is 115 Å². The third kappa shape index (κ3) is 2.18. The summed E-state index contributed by atoms with van der Waals surface area (Å²) in [4.78, 5) is 3.98. The zero-order valence-electron chi connectivity index (χ0n) is 12.1. The summed E-state index contributed by atoms with van der Waals surface area (Å²) in [5.41, 5.74) is 5.81. The number of aryl methyl sites for hydroxylation is 2. The lowest BCUT2D eigenvalue weighted by molar-refractivity contribution is 0.889. The van der Waals surface area contributed by atoms with Gasteiger partial charge in [0.2, 0.25) is 0 Å². The number of allylic oxidation sites excluding steroid dienone is 2. The zero-order valence-corrected chi connectivity index (χ0v) is 12.9. The van der Waals surface area contributed by atoms with Crippen LogP contribution in [0.4, 0.5) is 5.69 Å².